The van der Waals surface area contributed by atoms with Gasteiger partial charge in [0.1, 0.15) is 4.70 Å². The zero-order valence-electron chi connectivity index (χ0n) is 16.6. The Hall–Kier alpha value is -1.97. The molecule has 4 rings (SSSR count). The minimum absolute atomic E-state index is 0.0225. The number of hydrogen-bond acceptors (Lipinski definition) is 6. The van der Waals surface area contributed by atoms with E-state index < -0.39 is 5.97 Å². The minimum atomic E-state index is -0.736. The number of aromatic nitrogens is 2. The van der Waals surface area contributed by atoms with Crippen LogP contribution in [0.3, 0.4) is 0 Å². The van der Waals surface area contributed by atoms with Gasteiger partial charge < -0.3 is 5.11 Å². The van der Waals surface area contributed by atoms with E-state index in [-0.39, 0.29) is 28.9 Å². The second kappa shape index (κ2) is 9.67. The van der Waals surface area contributed by atoms with E-state index in [1.165, 1.54) is 23.1 Å². The molecule has 162 valence electrons. The highest BCUT2D eigenvalue weighted by Gasteiger charge is 2.27. The first-order chi connectivity index (χ1) is 14.9. The van der Waals surface area contributed by atoms with Crippen molar-refractivity contribution in [3.05, 3.63) is 56.1 Å². The fourth-order valence-corrected chi connectivity index (χ4v) is 5.84. The number of rotatable bonds is 7. The molecular weight excluding hydrogens is 500 g/mol. The van der Waals surface area contributed by atoms with Gasteiger partial charge in [0.15, 0.2) is 10.9 Å². The number of hydrogen-bond donors (Lipinski definition) is 1. The predicted molar refractivity (Wildman–Crippen MR) is 126 cm³/mol. The van der Waals surface area contributed by atoms with Gasteiger partial charge >= 0.3 is 5.97 Å². The number of Topliss-reactive ketones (excluding diaryl/α,β-unsaturated/α-hetero) is 1. The van der Waals surface area contributed by atoms with Crippen LogP contribution in [0.5, 0.6) is 0 Å². The molecule has 0 aliphatic heterocycles. The number of thioether (sulfide) groups is 1. The van der Waals surface area contributed by atoms with Crippen LogP contribution in [-0.2, 0) is 11.3 Å². The van der Waals surface area contributed by atoms with Gasteiger partial charge in [0, 0.05) is 16.6 Å². The fraction of sp³-hybridized carbons (Fsp3) is 0.364. The average molecular weight is 521 g/mol. The molecule has 2 heterocycles. The molecule has 1 aliphatic rings. The molecule has 0 saturated heterocycles. The number of thiophene rings is 1. The first-order valence-electron chi connectivity index (χ1n) is 10.0. The summed E-state index contributed by atoms with van der Waals surface area (Å²) in [7, 11) is 0. The third-order valence-corrected chi connectivity index (χ3v) is 8.06. The van der Waals surface area contributed by atoms with Crippen LogP contribution in [0.15, 0.2) is 50.1 Å². The van der Waals surface area contributed by atoms with Gasteiger partial charge in [-0.15, -0.1) is 11.3 Å². The van der Waals surface area contributed by atoms with Gasteiger partial charge in [-0.2, -0.15) is 0 Å². The lowest BCUT2D eigenvalue weighted by molar-refractivity contribution is -0.143. The molecular formula is C22H21BrN2O4S2. The first-order valence-corrected chi connectivity index (χ1v) is 12.7. The normalized spacial score (nSPS) is 18.9. The standard InChI is InChI=1S/C22H21BrN2O4S2/c23-16-7-5-14(6-8-16)18(26)12-31-22-24-17-9-10-30-19(17)20(27)25(22)11-13-1-3-15(4-2-13)21(28)29/h5-10,13,15H,1-4,11-12H2,(H,28,29). The molecule has 1 aromatic carbocycles. The minimum Gasteiger partial charge on any atom is -0.481 e. The highest BCUT2D eigenvalue weighted by molar-refractivity contribution is 9.10. The largest absolute Gasteiger partial charge is 0.481 e. The van der Waals surface area contributed by atoms with Gasteiger partial charge in [0.2, 0.25) is 0 Å². The molecule has 0 spiro atoms. The summed E-state index contributed by atoms with van der Waals surface area (Å²) in [5.74, 6) is -0.627. The van der Waals surface area contributed by atoms with Crippen LogP contribution < -0.4 is 5.56 Å². The number of benzene rings is 1. The molecule has 1 saturated carbocycles. The lowest BCUT2D eigenvalue weighted by atomic mass is 9.82. The van der Waals surface area contributed by atoms with Crippen LogP contribution in [0.4, 0.5) is 0 Å². The van der Waals surface area contributed by atoms with E-state index >= 15 is 0 Å². The number of carboxylic acid groups (broad SMARTS) is 1. The zero-order chi connectivity index (χ0) is 22.0. The Labute approximate surface area is 195 Å². The Morgan fingerprint density at radius 3 is 2.55 bits per heavy atom. The highest BCUT2D eigenvalue weighted by Crippen LogP contribution is 2.31. The second-order valence-corrected chi connectivity index (χ2v) is 10.5. The van der Waals surface area contributed by atoms with E-state index in [4.69, 9.17) is 0 Å². The number of aliphatic carboxylic acids is 1. The van der Waals surface area contributed by atoms with E-state index in [1.54, 1.807) is 16.7 Å². The maximum atomic E-state index is 13.1. The number of ketones is 1. The maximum absolute atomic E-state index is 13.1. The Kier molecular flexibility index (Phi) is 6.93. The van der Waals surface area contributed by atoms with Crippen molar-refractivity contribution >= 4 is 61.0 Å². The molecule has 0 radical (unpaired) electrons. The summed E-state index contributed by atoms with van der Waals surface area (Å²) in [6.45, 7) is 0.501. The van der Waals surface area contributed by atoms with E-state index in [1.807, 2.05) is 23.6 Å². The summed E-state index contributed by atoms with van der Waals surface area (Å²) in [5.41, 5.74) is 1.19. The average Bonchev–Trinajstić information content (AvgIpc) is 3.24. The molecule has 1 fully saturated rings. The van der Waals surface area contributed by atoms with Gasteiger partial charge in [0.25, 0.3) is 5.56 Å². The van der Waals surface area contributed by atoms with Gasteiger partial charge in [-0.1, -0.05) is 39.8 Å². The molecule has 1 aliphatic carbocycles. The summed E-state index contributed by atoms with van der Waals surface area (Å²) in [4.78, 5) is 41.7. The van der Waals surface area contributed by atoms with Crippen molar-refractivity contribution in [2.24, 2.45) is 11.8 Å². The first kappa shape index (κ1) is 22.2. The monoisotopic (exact) mass is 520 g/mol. The molecule has 3 aromatic rings. The number of carbonyl (C=O) groups excluding carboxylic acids is 1. The lowest BCUT2D eigenvalue weighted by Crippen LogP contribution is -2.29. The van der Waals surface area contributed by atoms with Crippen LogP contribution in [0.25, 0.3) is 10.2 Å². The van der Waals surface area contributed by atoms with Gasteiger partial charge in [0.05, 0.1) is 17.2 Å². The Bertz CT molecular complexity index is 1160. The number of carbonyl (C=O) groups is 2. The van der Waals surface area contributed by atoms with Crippen molar-refractivity contribution in [3.8, 4) is 0 Å². The number of fused-ring (bicyclic) bond motifs is 1. The topological polar surface area (TPSA) is 89.3 Å². The third-order valence-electron chi connectivity index (χ3n) is 5.67. The van der Waals surface area contributed by atoms with Crippen LogP contribution >= 0.6 is 39.0 Å². The Morgan fingerprint density at radius 2 is 1.87 bits per heavy atom. The van der Waals surface area contributed by atoms with Crippen molar-refractivity contribution in [2.75, 3.05) is 5.75 Å². The molecule has 1 N–H and O–H groups in total. The molecule has 0 amide bonds. The van der Waals surface area contributed by atoms with Crippen molar-refractivity contribution in [2.45, 2.75) is 37.4 Å². The van der Waals surface area contributed by atoms with Gasteiger partial charge in [-0.3, -0.25) is 19.0 Å². The lowest BCUT2D eigenvalue weighted by Gasteiger charge is -2.27. The number of nitrogens with zero attached hydrogens (tertiary/aromatic N) is 2. The van der Waals surface area contributed by atoms with Gasteiger partial charge in [-0.25, -0.2) is 4.98 Å². The summed E-state index contributed by atoms with van der Waals surface area (Å²) < 4.78 is 3.21. The van der Waals surface area contributed by atoms with E-state index in [2.05, 4.69) is 20.9 Å². The van der Waals surface area contributed by atoms with Crippen LogP contribution in [0.1, 0.15) is 36.0 Å². The molecule has 9 heteroatoms. The quantitative estimate of drug-likeness (QED) is 0.265. The zero-order valence-corrected chi connectivity index (χ0v) is 19.8. The SMILES string of the molecule is O=C(CSc1nc2ccsc2c(=O)n1CC1CCC(C(=O)O)CC1)c1ccc(Br)cc1. The summed E-state index contributed by atoms with van der Waals surface area (Å²) in [6, 6.07) is 9.03. The van der Waals surface area contributed by atoms with Crippen molar-refractivity contribution in [3.63, 3.8) is 0 Å². The van der Waals surface area contributed by atoms with Crippen LogP contribution in [0, 0.1) is 11.8 Å². The molecule has 6 nitrogen and oxygen atoms in total. The van der Waals surface area contributed by atoms with Crippen molar-refractivity contribution < 1.29 is 14.7 Å². The van der Waals surface area contributed by atoms with Crippen molar-refractivity contribution in [1.29, 1.82) is 0 Å². The number of carboxylic acids is 1. The molecule has 0 bridgehead atoms. The number of halogens is 1. The summed E-state index contributed by atoms with van der Waals surface area (Å²) >= 11 is 6.02. The summed E-state index contributed by atoms with van der Waals surface area (Å²) in [5, 5.41) is 11.6. The van der Waals surface area contributed by atoms with Crippen molar-refractivity contribution in [1.82, 2.24) is 9.55 Å². The molecule has 31 heavy (non-hydrogen) atoms. The summed E-state index contributed by atoms with van der Waals surface area (Å²) in [6.07, 6.45) is 2.81. The fourth-order valence-electron chi connectivity index (χ4n) is 3.89. The van der Waals surface area contributed by atoms with E-state index in [9.17, 15) is 19.5 Å². The van der Waals surface area contributed by atoms with Crippen LogP contribution in [0.2, 0.25) is 0 Å². The van der Waals surface area contributed by atoms with E-state index in [0.717, 1.165) is 17.3 Å². The smallest absolute Gasteiger partial charge is 0.306 e. The van der Waals surface area contributed by atoms with Crippen LogP contribution in [-0.4, -0.2) is 32.2 Å². The molecule has 2 aromatic heterocycles. The van der Waals surface area contributed by atoms with Gasteiger partial charge in [-0.05, 0) is 55.2 Å². The molecule has 0 unspecified atom stereocenters. The molecule has 0 atom stereocenters. The Morgan fingerprint density at radius 1 is 1.16 bits per heavy atom. The van der Waals surface area contributed by atoms with E-state index in [0.29, 0.717) is 40.3 Å². The highest BCUT2D eigenvalue weighted by atomic mass is 79.9. The second-order valence-electron chi connectivity index (χ2n) is 7.72. The predicted octanol–water partition coefficient (Wildman–Crippen LogP) is 5.09. The maximum Gasteiger partial charge on any atom is 0.306 e. The Balaban J connectivity index is 1.54. The third kappa shape index (κ3) is 5.10.